The Balaban J connectivity index is 0.000000150. The van der Waals surface area contributed by atoms with Gasteiger partial charge in [0.25, 0.3) is 0 Å². The molecule has 3 aliphatic heterocycles. The van der Waals surface area contributed by atoms with Crippen LogP contribution in [0.5, 0.6) is 5.75 Å². The zero-order chi connectivity index (χ0) is 81.0. The molecule has 3 atom stereocenters. The molecule has 25 nitrogen and oxygen atoms in total. The third kappa shape index (κ3) is 18.1. The van der Waals surface area contributed by atoms with Gasteiger partial charge in [0.15, 0.2) is 34.3 Å². The normalized spacial score (nSPS) is 15.6. The predicted octanol–water partition coefficient (Wildman–Crippen LogP) is 14.1. The van der Waals surface area contributed by atoms with Gasteiger partial charge >= 0.3 is 6.18 Å². The number of alkyl halides is 3. The second-order valence-corrected chi connectivity index (χ2v) is 28.6. The van der Waals surface area contributed by atoms with Crippen molar-refractivity contribution in [1.29, 1.82) is 0 Å². The average Bonchev–Trinajstić information content (AvgIpc) is 1.62. The fraction of sp³-hybridized carbons (Fsp3) is 0.276. The highest BCUT2D eigenvalue weighted by molar-refractivity contribution is 6.02. The van der Waals surface area contributed by atoms with Gasteiger partial charge in [-0.25, -0.2) is 43.9 Å². The number of nitrogen functional groups attached to an aromatic ring is 3. The van der Waals surface area contributed by atoms with Crippen LogP contribution in [0, 0.1) is 6.92 Å². The molecule has 3 aliphatic rings. The molecule has 0 saturated carbocycles. The van der Waals surface area contributed by atoms with Crippen LogP contribution in [0.4, 0.5) is 30.6 Å². The molecule has 6 aromatic carbocycles. The van der Waals surface area contributed by atoms with Crippen molar-refractivity contribution >= 4 is 85.6 Å². The van der Waals surface area contributed by atoms with Crippen LogP contribution in [0.1, 0.15) is 135 Å². The fourth-order valence-corrected chi connectivity index (χ4v) is 15.0. The largest absolute Gasteiger partial charge is 0.497 e. The van der Waals surface area contributed by atoms with E-state index in [2.05, 4.69) is 49.6 Å². The van der Waals surface area contributed by atoms with Gasteiger partial charge in [0.2, 0.25) is 17.7 Å². The number of rotatable bonds is 22. The third-order valence-corrected chi connectivity index (χ3v) is 21.2. The smallest absolute Gasteiger partial charge is 0.416 e. The zero-order valence-electron chi connectivity index (χ0n) is 63.8. The second kappa shape index (κ2) is 35.5. The topological polar surface area (TPSA) is 330 Å². The summed E-state index contributed by atoms with van der Waals surface area (Å²) in [6.45, 7) is 16.4. The summed E-state index contributed by atoms with van der Waals surface area (Å²) in [6, 6.07) is 42.6. The van der Waals surface area contributed by atoms with Crippen LogP contribution in [0.15, 0.2) is 203 Å². The van der Waals surface area contributed by atoms with Crippen molar-refractivity contribution < 1.29 is 46.7 Å². The van der Waals surface area contributed by atoms with Crippen molar-refractivity contribution in [3.63, 3.8) is 0 Å². The Hall–Kier alpha value is -13.4. The van der Waals surface area contributed by atoms with Gasteiger partial charge in [-0.05, 0) is 142 Å². The number of hydrogen-bond acceptors (Lipinski definition) is 19. The number of ether oxygens (including phenoxy) is 1. The first-order chi connectivity index (χ1) is 55.6. The number of nitrogens with two attached hydrogens (primary N) is 3. The summed E-state index contributed by atoms with van der Waals surface area (Å²) in [5.74, 6) is 1.33. The summed E-state index contributed by atoms with van der Waals surface area (Å²) in [7, 11) is 1.60. The molecule has 0 aliphatic carbocycles. The molecule has 15 rings (SSSR count). The number of aryl methyl sites for hydroxylation is 4. The Morgan fingerprint density at radius 3 is 1.18 bits per heavy atom. The van der Waals surface area contributed by atoms with Crippen LogP contribution >= 0.6 is 0 Å². The number of piperidine rings is 3. The van der Waals surface area contributed by atoms with Gasteiger partial charge in [-0.3, -0.25) is 28.8 Å². The molecule has 6 N–H and O–H groups in total. The molecule has 28 heteroatoms. The van der Waals surface area contributed by atoms with Crippen LogP contribution in [-0.2, 0) is 39.8 Å². The lowest BCUT2D eigenvalue weighted by molar-refractivity contribution is -0.137. The van der Waals surface area contributed by atoms with Gasteiger partial charge in [0, 0.05) is 91.9 Å². The van der Waals surface area contributed by atoms with E-state index < -0.39 is 11.7 Å². The van der Waals surface area contributed by atoms with Crippen molar-refractivity contribution in [2.24, 2.45) is 0 Å². The minimum absolute atomic E-state index is 0.0186. The van der Waals surface area contributed by atoms with Gasteiger partial charge < -0.3 is 36.6 Å². The van der Waals surface area contributed by atoms with Gasteiger partial charge in [0.1, 0.15) is 59.3 Å². The van der Waals surface area contributed by atoms with Crippen LogP contribution in [-0.4, -0.2) is 155 Å². The molecule has 6 aromatic heterocycles. The highest BCUT2D eigenvalue weighted by atomic mass is 19.4. The monoisotopic (exact) mass is 1550 g/mol. The Bertz CT molecular complexity index is 5630. The Morgan fingerprint density at radius 2 is 0.826 bits per heavy atom. The van der Waals surface area contributed by atoms with E-state index in [-0.39, 0.29) is 71.0 Å². The van der Waals surface area contributed by atoms with Crippen molar-refractivity contribution in [3.8, 4) is 39.5 Å². The van der Waals surface area contributed by atoms with E-state index in [1.54, 1.807) is 46.1 Å². The Morgan fingerprint density at radius 1 is 0.461 bits per heavy atom. The quantitative estimate of drug-likeness (QED) is 0.0419. The number of aromatic nitrogens is 12. The molecule has 9 heterocycles. The number of carbonyl (C=O) groups excluding carboxylic acids is 6. The molecule has 3 fully saturated rings. The average molecular weight is 1550 g/mol. The maximum absolute atomic E-state index is 13.0. The van der Waals surface area contributed by atoms with Gasteiger partial charge in [-0.15, -0.1) is 0 Å². The number of benzene rings is 6. The Labute approximate surface area is 661 Å². The van der Waals surface area contributed by atoms with Gasteiger partial charge in [-0.2, -0.15) is 28.5 Å². The first kappa shape index (κ1) is 79.7. The summed E-state index contributed by atoms with van der Waals surface area (Å²) >= 11 is 0. The number of Topliss-reactive ketones (excluding diaryl/α,β-unsaturated/α-hetero) is 3. The maximum Gasteiger partial charge on any atom is 0.416 e. The van der Waals surface area contributed by atoms with E-state index in [0.717, 1.165) is 101 Å². The number of amides is 3. The van der Waals surface area contributed by atoms with E-state index in [1.807, 2.05) is 118 Å². The summed E-state index contributed by atoms with van der Waals surface area (Å²) in [5.41, 5.74) is 29.9. The molecule has 3 unspecified atom stereocenters. The molecule has 0 radical (unpaired) electrons. The lowest BCUT2D eigenvalue weighted by Crippen LogP contribution is -2.40. The molecule has 12 aromatic rings. The van der Waals surface area contributed by atoms with Crippen LogP contribution < -0.4 is 21.9 Å². The number of likely N-dealkylation sites (tertiary alicyclic amines) is 3. The molecule has 588 valence electrons. The van der Waals surface area contributed by atoms with Crippen molar-refractivity contribution in [2.75, 3.05) is 63.6 Å². The van der Waals surface area contributed by atoms with E-state index in [1.165, 1.54) is 49.3 Å². The van der Waals surface area contributed by atoms with Crippen LogP contribution in [0.3, 0.4) is 0 Å². The third-order valence-electron chi connectivity index (χ3n) is 21.2. The molecule has 3 saturated heterocycles. The van der Waals surface area contributed by atoms with Crippen molar-refractivity contribution in [1.82, 2.24) is 73.9 Å². The van der Waals surface area contributed by atoms with Crippen LogP contribution in [0.2, 0.25) is 0 Å². The second-order valence-electron chi connectivity index (χ2n) is 28.6. The fourth-order valence-electron chi connectivity index (χ4n) is 15.0. The highest BCUT2D eigenvalue weighted by Crippen LogP contribution is 2.39. The van der Waals surface area contributed by atoms with E-state index in [0.29, 0.717) is 139 Å². The van der Waals surface area contributed by atoms with E-state index in [9.17, 15) is 41.9 Å². The standard InChI is InChI=1S/C29H27F3N6O2.C29H30N6O3.C29H30N6O2/c1-2-24(40)37-14-4-7-22(16-37)38-28-25(27(33)34-17-35-28)26(36-38)19-11-8-18(9-12-19)10-13-23(39)20-5-3-6-21(15-20)29(30,31)32;1-3-25(37)34-16-4-5-22(17-34)35-29-26(28(30)31-18-32-29)27(33-35)21-9-6-19(7-10-21)8-15-24(36)20-11-13-23(38-2)14-12-20;1-3-25(37)34-16-6-8-22(17-34)35-29-26(28(30)31-18-32-29)27(33-35)21-13-10-20(11-14-21)12-15-24(36)23-9-5-4-7-19(23)2/h2-3,5-6,8-9,11-12,15,17,22H,1,4,7,10,13-14,16H2,(H2,33,34,35);3,6-7,9-14,18,22H,1,4-5,8,15-17H2,2H3,(H2,30,31,32);3-5,7,9-11,13-14,18,22H,1,6,8,12,15-17H2,2H3,(H2,30,31,32). The van der Waals surface area contributed by atoms with E-state index >= 15 is 0 Å². The Kier molecular flexibility index (Phi) is 24.6. The summed E-state index contributed by atoms with van der Waals surface area (Å²) in [5, 5.41) is 16.7. The van der Waals surface area contributed by atoms with Crippen molar-refractivity contribution in [3.05, 3.63) is 247 Å². The molecular formula is C87H87F3N18O7. The van der Waals surface area contributed by atoms with Crippen LogP contribution in [0.25, 0.3) is 66.9 Å². The van der Waals surface area contributed by atoms with E-state index in [4.69, 9.17) is 37.2 Å². The molecule has 0 spiro atoms. The van der Waals surface area contributed by atoms with Crippen molar-refractivity contribution in [2.45, 2.75) is 108 Å². The zero-order valence-corrected chi connectivity index (χ0v) is 63.8. The summed E-state index contributed by atoms with van der Waals surface area (Å²) in [6.07, 6.45) is 11.5. The molecule has 0 bridgehead atoms. The number of anilines is 3. The molecule has 115 heavy (non-hydrogen) atoms. The maximum atomic E-state index is 13.0. The number of nitrogens with zero attached hydrogens (tertiary/aromatic N) is 15. The number of halogens is 3. The van der Waals surface area contributed by atoms with Gasteiger partial charge in [-0.1, -0.05) is 129 Å². The number of fused-ring (bicyclic) bond motifs is 3. The minimum atomic E-state index is -4.50. The summed E-state index contributed by atoms with van der Waals surface area (Å²) in [4.78, 5) is 106. The molecule has 3 amide bonds. The number of methoxy groups -OCH3 is 1. The number of ketones is 3. The first-order valence-electron chi connectivity index (χ1n) is 38.0. The lowest BCUT2D eigenvalue weighted by atomic mass is 9.98. The summed E-state index contributed by atoms with van der Waals surface area (Å²) < 4.78 is 49.7. The first-order valence-corrected chi connectivity index (χ1v) is 38.0. The highest BCUT2D eigenvalue weighted by Gasteiger charge is 2.34. The minimum Gasteiger partial charge on any atom is -0.497 e. The number of carbonyl (C=O) groups is 6. The number of hydrogen-bond donors (Lipinski definition) is 3. The van der Waals surface area contributed by atoms with Gasteiger partial charge in [0.05, 0.1) is 47.0 Å². The lowest BCUT2D eigenvalue weighted by Gasteiger charge is -2.32. The SMILES string of the molecule is C=CC(=O)N1CCCC(n2nc(-c3ccc(CCC(=O)c4ccc(OC)cc4)cc3)c3c(N)ncnc32)C1.C=CC(=O)N1CCCC(n2nc(-c3ccc(CCC(=O)c4cccc(C(F)(F)F)c4)cc3)c3c(N)ncnc32)C1.C=CC(=O)N1CCCC(n2nc(-c3ccc(CCC(=O)c4ccccc4C)cc3)c3c(N)ncnc32)C1. The molecular weight excluding hydrogens is 1470 g/mol. The predicted molar refractivity (Wildman–Crippen MR) is 434 cm³/mol.